The normalized spacial score (nSPS) is 14.6. The van der Waals surface area contributed by atoms with Crippen LogP contribution in [0, 0.1) is 0 Å². The van der Waals surface area contributed by atoms with Crippen molar-refractivity contribution in [1.29, 1.82) is 0 Å². The van der Waals surface area contributed by atoms with E-state index in [-0.39, 0.29) is 0 Å². The van der Waals surface area contributed by atoms with Crippen LogP contribution in [0.4, 0.5) is 21.7 Å². The first-order valence-electron chi connectivity index (χ1n) is 11.5. The molecule has 0 aliphatic carbocycles. The average molecular weight is 565 g/mol. The molecular weight excluding hydrogens is 534 g/mol. The van der Waals surface area contributed by atoms with Crippen LogP contribution < -0.4 is 16.0 Å². The minimum atomic E-state index is -0.536. The van der Waals surface area contributed by atoms with Crippen LogP contribution in [0.25, 0.3) is 10.2 Å². The molecule has 3 aromatic rings. The summed E-state index contributed by atoms with van der Waals surface area (Å²) in [7, 11) is 0. The van der Waals surface area contributed by atoms with Gasteiger partial charge in [-0.2, -0.15) is 4.98 Å². The first-order valence-corrected chi connectivity index (χ1v) is 13.1. The minimum absolute atomic E-state index is 0.376. The second kappa shape index (κ2) is 11.5. The van der Waals surface area contributed by atoms with E-state index in [9.17, 15) is 4.79 Å². The highest BCUT2D eigenvalue weighted by molar-refractivity contribution is 9.10. The third kappa shape index (κ3) is 7.99. The number of thiazole rings is 1. The molecule has 0 saturated carbocycles. The molecule has 1 aliphatic heterocycles. The molecular formula is C23H30BrN7O3S. The van der Waals surface area contributed by atoms with Crippen LogP contribution in [0.15, 0.2) is 28.7 Å². The first-order chi connectivity index (χ1) is 16.7. The number of morpholine rings is 1. The number of amides is 1. The van der Waals surface area contributed by atoms with Crippen LogP contribution in [0.2, 0.25) is 0 Å². The zero-order valence-electron chi connectivity index (χ0n) is 20.1. The zero-order valence-corrected chi connectivity index (χ0v) is 22.5. The van der Waals surface area contributed by atoms with E-state index in [1.807, 2.05) is 45.0 Å². The number of aromatic nitrogens is 3. The topological polar surface area (TPSA) is 114 Å². The van der Waals surface area contributed by atoms with Crippen LogP contribution in [0.1, 0.15) is 26.5 Å². The Morgan fingerprint density at radius 2 is 1.97 bits per heavy atom. The van der Waals surface area contributed by atoms with E-state index in [4.69, 9.17) is 9.47 Å². The van der Waals surface area contributed by atoms with E-state index >= 15 is 0 Å². The summed E-state index contributed by atoms with van der Waals surface area (Å²) in [6.07, 6.45) is -0.453. The Kier molecular flexibility index (Phi) is 8.37. The Balaban J connectivity index is 1.44. The van der Waals surface area contributed by atoms with Crippen LogP contribution in [-0.2, 0) is 16.0 Å². The molecule has 1 fully saturated rings. The molecule has 0 unspecified atom stereocenters. The molecule has 188 valence electrons. The number of rotatable bonds is 8. The van der Waals surface area contributed by atoms with Crippen LogP contribution in [0.3, 0.4) is 0 Å². The average Bonchev–Trinajstić information content (AvgIpc) is 3.17. The van der Waals surface area contributed by atoms with Crippen LogP contribution in [-0.4, -0.2) is 70.9 Å². The van der Waals surface area contributed by atoms with E-state index in [1.165, 1.54) is 0 Å². The highest BCUT2D eigenvalue weighted by atomic mass is 79.9. The van der Waals surface area contributed by atoms with Gasteiger partial charge in [-0.15, -0.1) is 0 Å². The van der Waals surface area contributed by atoms with Crippen LogP contribution in [0.5, 0.6) is 0 Å². The monoisotopic (exact) mass is 563 g/mol. The van der Waals surface area contributed by atoms with Crippen molar-refractivity contribution in [2.75, 3.05) is 50.0 Å². The molecule has 10 nitrogen and oxygen atoms in total. The van der Waals surface area contributed by atoms with Gasteiger partial charge < -0.3 is 25.4 Å². The molecule has 3 heterocycles. The summed E-state index contributed by atoms with van der Waals surface area (Å²) in [4.78, 5) is 28.2. The van der Waals surface area contributed by atoms with Gasteiger partial charge in [-0.3, -0.25) is 4.90 Å². The maximum atomic E-state index is 11.9. The number of hydrogen-bond donors (Lipinski definition) is 3. The van der Waals surface area contributed by atoms with Gasteiger partial charge in [-0.1, -0.05) is 27.3 Å². The lowest BCUT2D eigenvalue weighted by atomic mass is 10.2. The van der Waals surface area contributed by atoms with Crippen molar-refractivity contribution in [3.8, 4) is 0 Å². The van der Waals surface area contributed by atoms with Crippen molar-refractivity contribution >= 4 is 60.5 Å². The van der Waals surface area contributed by atoms with E-state index in [0.29, 0.717) is 31.4 Å². The number of carbonyl (C=O) groups excluding carboxylic acids is 1. The Morgan fingerprint density at radius 1 is 1.17 bits per heavy atom. The van der Waals surface area contributed by atoms with E-state index in [0.717, 1.165) is 51.8 Å². The third-order valence-electron chi connectivity index (χ3n) is 4.93. The SMILES string of the molecule is CC(C)(C)OC(=O)NCCNc1nc(CN2CCOCC2)cc(Nc2nc3ccc(Br)cc3s2)n1. The van der Waals surface area contributed by atoms with Gasteiger partial charge in [-0.25, -0.2) is 14.8 Å². The standard InChI is InChI=1S/C23H30BrN7O3S/c1-23(2,3)34-22(32)26-7-6-25-20-27-16(14-31-8-10-33-11-9-31)13-19(29-20)30-21-28-17-5-4-15(24)12-18(17)35-21/h4-5,12-13H,6-11,14H2,1-3H3,(H,26,32)(H2,25,27,28,29,30). The fraction of sp³-hybridized carbons (Fsp3) is 0.478. The number of nitrogens with zero attached hydrogens (tertiary/aromatic N) is 4. The summed E-state index contributed by atoms with van der Waals surface area (Å²) >= 11 is 5.07. The molecule has 0 radical (unpaired) electrons. The maximum Gasteiger partial charge on any atom is 0.407 e. The van der Waals surface area contributed by atoms with Crippen LogP contribution >= 0.6 is 27.3 Å². The quantitative estimate of drug-likeness (QED) is 0.344. The molecule has 1 saturated heterocycles. The second-order valence-corrected chi connectivity index (χ2v) is 11.0. The van der Waals surface area contributed by atoms with Gasteiger partial charge in [0.15, 0.2) is 5.13 Å². The predicted octanol–water partition coefficient (Wildman–Crippen LogP) is 4.36. The fourth-order valence-corrected chi connectivity index (χ4v) is 4.85. The van der Waals surface area contributed by atoms with E-state index in [2.05, 4.69) is 51.7 Å². The number of alkyl carbamates (subject to hydrolysis) is 1. The molecule has 1 amide bonds. The molecule has 4 rings (SSSR count). The summed E-state index contributed by atoms with van der Waals surface area (Å²) < 4.78 is 12.8. The lowest BCUT2D eigenvalue weighted by Gasteiger charge is -2.26. The molecule has 35 heavy (non-hydrogen) atoms. The number of anilines is 3. The van der Waals surface area contributed by atoms with Crippen molar-refractivity contribution in [1.82, 2.24) is 25.2 Å². The summed E-state index contributed by atoms with van der Waals surface area (Å²) in [5.41, 5.74) is 1.27. The smallest absolute Gasteiger partial charge is 0.407 e. The maximum absolute atomic E-state index is 11.9. The van der Waals surface area contributed by atoms with Gasteiger partial charge in [-0.05, 0) is 39.0 Å². The Hall–Kier alpha value is -2.54. The summed E-state index contributed by atoms with van der Waals surface area (Å²) in [5.74, 6) is 1.14. The molecule has 1 aliphatic rings. The summed E-state index contributed by atoms with van der Waals surface area (Å²) in [6.45, 7) is 10.2. The number of carbonyl (C=O) groups is 1. The molecule has 0 spiro atoms. The van der Waals surface area contributed by atoms with Gasteiger partial charge in [0.05, 0.1) is 29.1 Å². The minimum Gasteiger partial charge on any atom is -0.444 e. The van der Waals surface area contributed by atoms with Gasteiger partial charge in [0.1, 0.15) is 11.4 Å². The number of benzene rings is 1. The number of hydrogen-bond acceptors (Lipinski definition) is 10. The second-order valence-electron chi connectivity index (χ2n) is 9.07. The van der Waals surface area contributed by atoms with Gasteiger partial charge in [0.25, 0.3) is 0 Å². The van der Waals surface area contributed by atoms with Crippen molar-refractivity contribution in [2.45, 2.75) is 32.9 Å². The van der Waals surface area contributed by atoms with Crippen molar-refractivity contribution < 1.29 is 14.3 Å². The lowest BCUT2D eigenvalue weighted by molar-refractivity contribution is 0.0336. The van der Waals surface area contributed by atoms with Crippen molar-refractivity contribution in [3.05, 3.63) is 34.4 Å². The highest BCUT2D eigenvalue weighted by Gasteiger charge is 2.16. The van der Waals surface area contributed by atoms with Crippen molar-refractivity contribution in [2.24, 2.45) is 0 Å². The molecule has 0 atom stereocenters. The molecule has 2 aromatic heterocycles. The summed E-state index contributed by atoms with van der Waals surface area (Å²) in [5, 5.41) is 10.0. The van der Waals surface area contributed by atoms with Gasteiger partial charge in [0, 0.05) is 43.3 Å². The molecule has 0 bridgehead atoms. The van der Waals surface area contributed by atoms with E-state index < -0.39 is 11.7 Å². The number of fused-ring (bicyclic) bond motifs is 1. The third-order valence-corrected chi connectivity index (χ3v) is 6.36. The molecule has 1 aromatic carbocycles. The Labute approximate surface area is 217 Å². The number of halogens is 1. The lowest BCUT2D eigenvalue weighted by Crippen LogP contribution is -2.36. The van der Waals surface area contributed by atoms with E-state index in [1.54, 1.807) is 11.3 Å². The zero-order chi connectivity index (χ0) is 24.8. The molecule has 12 heteroatoms. The largest absolute Gasteiger partial charge is 0.444 e. The highest BCUT2D eigenvalue weighted by Crippen LogP contribution is 2.30. The van der Waals surface area contributed by atoms with Crippen molar-refractivity contribution in [3.63, 3.8) is 0 Å². The molecule has 3 N–H and O–H groups in total. The number of nitrogens with one attached hydrogen (secondary N) is 3. The summed E-state index contributed by atoms with van der Waals surface area (Å²) in [6, 6.07) is 7.95. The number of ether oxygens (including phenoxy) is 2. The Morgan fingerprint density at radius 3 is 2.74 bits per heavy atom. The predicted molar refractivity (Wildman–Crippen MR) is 141 cm³/mol. The fourth-order valence-electron chi connectivity index (χ4n) is 3.42. The first kappa shape index (κ1) is 25.5. The van der Waals surface area contributed by atoms with Gasteiger partial charge >= 0.3 is 6.09 Å². The Bertz CT molecular complexity index is 1160. The van der Waals surface area contributed by atoms with Gasteiger partial charge in [0.2, 0.25) is 5.95 Å².